The topological polar surface area (TPSA) is 69.2 Å². The number of alkyl halides is 2. The highest BCUT2D eigenvalue weighted by Crippen LogP contribution is 2.39. The number of halogens is 2. The fourth-order valence-corrected chi connectivity index (χ4v) is 1.62. The van der Waals surface area contributed by atoms with Crippen LogP contribution in [-0.4, -0.2) is 10.1 Å². The Morgan fingerprint density at radius 2 is 1.94 bits per heavy atom. The van der Waals surface area contributed by atoms with Crippen LogP contribution in [0.4, 0.5) is 0 Å². The van der Waals surface area contributed by atoms with Gasteiger partial charge in [-0.25, -0.2) is 0 Å². The molecule has 2 aromatic rings. The molecule has 0 saturated heterocycles. The van der Waals surface area contributed by atoms with Crippen LogP contribution in [0, 0.1) is 10.1 Å². The van der Waals surface area contributed by atoms with Gasteiger partial charge >= 0.3 is 3.36 Å². The van der Waals surface area contributed by atoms with Crippen LogP contribution in [0.3, 0.4) is 0 Å². The maximum absolute atomic E-state index is 10.8. The van der Waals surface area contributed by atoms with Crippen molar-refractivity contribution in [2.45, 2.75) is 3.36 Å². The summed E-state index contributed by atoms with van der Waals surface area (Å²) in [7, 11) is 0. The fourth-order valence-electron chi connectivity index (χ4n) is 1.25. The van der Waals surface area contributed by atoms with Crippen molar-refractivity contribution in [3.05, 3.63) is 52.2 Å². The van der Waals surface area contributed by atoms with Crippen LogP contribution in [0.25, 0.3) is 11.3 Å². The molecule has 7 heteroatoms. The number of nitrogens with zero attached hydrogens (tertiary/aromatic N) is 2. The predicted molar refractivity (Wildman–Crippen MR) is 68.5 cm³/mol. The smallest absolute Gasteiger partial charge is 0.356 e. The number of nitro groups is 1. The molecule has 0 amide bonds. The zero-order chi connectivity index (χ0) is 12.5. The molecule has 0 radical (unpaired) electrons. The molecule has 0 unspecified atom stereocenters. The van der Waals surface area contributed by atoms with E-state index in [-0.39, 0.29) is 5.69 Å². The van der Waals surface area contributed by atoms with E-state index in [4.69, 9.17) is 4.52 Å². The second kappa shape index (κ2) is 4.58. The molecule has 0 atom stereocenters. The minimum Gasteiger partial charge on any atom is -0.356 e. The average Bonchev–Trinajstić information content (AvgIpc) is 2.80. The molecule has 17 heavy (non-hydrogen) atoms. The summed E-state index contributed by atoms with van der Waals surface area (Å²) >= 11 is 5.87. The highest BCUT2D eigenvalue weighted by molar-refractivity contribution is 9.24. The molecule has 0 aliphatic rings. The maximum Gasteiger partial charge on any atom is 0.371 e. The number of hydrogen-bond donors (Lipinski definition) is 0. The Labute approximate surface area is 113 Å². The monoisotopic (exact) mass is 360 g/mol. The van der Waals surface area contributed by atoms with Crippen LogP contribution >= 0.6 is 31.9 Å². The molecule has 88 valence electrons. The van der Waals surface area contributed by atoms with E-state index in [0.717, 1.165) is 5.56 Å². The SMILES string of the molecule is O=[N+]([O-])C(Br)(Br)c1cc(-c2ccccc2)on1. The Morgan fingerprint density at radius 3 is 2.53 bits per heavy atom. The number of benzene rings is 1. The van der Waals surface area contributed by atoms with Crippen LogP contribution in [0.15, 0.2) is 40.9 Å². The van der Waals surface area contributed by atoms with Crippen molar-refractivity contribution in [3.63, 3.8) is 0 Å². The molecule has 1 aromatic heterocycles. The minimum absolute atomic E-state index is 0.154. The summed E-state index contributed by atoms with van der Waals surface area (Å²) in [5.41, 5.74) is 0.965. The van der Waals surface area contributed by atoms with E-state index in [9.17, 15) is 10.1 Å². The minimum atomic E-state index is -1.61. The zero-order valence-electron chi connectivity index (χ0n) is 8.34. The van der Waals surface area contributed by atoms with E-state index < -0.39 is 8.28 Å². The molecular weight excluding hydrogens is 356 g/mol. The Bertz CT molecular complexity index is 539. The van der Waals surface area contributed by atoms with Gasteiger partial charge in [0.2, 0.25) is 0 Å². The Hall–Kier alpha value is -1.21. The van der Waals surface area contributed by atoms with Crippen molar-refractivity contribution in [2.75, 3.05) is 0 Å². The summed E-state index contributed by atoms with van der Waals surface area (Å²) in [6.45, 7) is 0. The van der Waals surface area contributed by atoms with Gasteiger partial charge in [0.15, 0.2) is 11.5 Å². The molecule has 2 rings (SSSR count). The maximum atomic E-state index is 10.8. The lowest BCUT2D eigenvalue weighted by molar-refractivity contribution is -0.511. The van der Waals surface area contributed by atoms with Crippen molar-refractivity contribution in [1.82, 2.24) is 5.16 Å². The Balaban J connectivity index is 2.38. The zero-order valence-corrected chi connectivity index (χ0v) is 11.5. The normalized spacial score (nSPS) is 11.4. The van der Waals surface area contributed by atoms with E-state index in [0.29, 0.717) is 5.76 Å². The molecule has 0 aliphatic carbocycles. The van der Waals surface area contributed by atoms with Gasteiger partial charge in [-0.05, 0) is 0 Å². The number of aromatic nitrogens is 1. The van der Waals surface area contributed by atoms with Gasteiger partial charge in [-0.3, -0.25) is 10.1 Å². The van der Waals surface area contributed by atoms with Crippen molar-refractivity contribution in [3.8, 4) is 11.3 Å². The van der Waals surface area contributed by atoms with Crippen LogP contribution < -0.4 is 0 Å². The first-order valence-corrected chi connectivity index (χ1v) is 6.15. The van der Waals surface area contributed by atoms with E-state index in [2.05, 4.69) is 37.0 Å². The Kier molecular flexibility index (Phi) is 3.30. The highest BCUT2D eigenvalue weighted by atomic mass is 79.9. The summed E-state index contributed by atoms with van der Waals surface area (Å²) in [4.78, 5) is 10.3. The van der Waals surface area contributed by atoms with Crippen molar-refractivity contribution < 1.29 is 9.45 Å². The lowest BCUT2D eigenvalue weighted by Crippen LogP contribution is -2.20. The van der Waals surface area contributed by atoms with Gasteiger partial charge in [-0.2, -0.15) is 0 Å². The molecule has 0 fully saturated rings. The molecule has 5 nitrogen and oxygen atoms in total. The molecule has 0 N–H and O–H groups in total. The van der Waals surface area contributed by atoms with Crippen molar-refractivity contribution in [2.24, 2.45) is 0 Å². The standard InChI is InChI=1S/C10H6Br2N2O3/c11-10(12,14(15)16)9-6-8(17-13-9)7-4-2-1-3-5-7/h1-6H. The van der Waals surface area contributed by atoms with Crippen LogP contribution in [0.1, 0.15) is 5.69 Å². The Morgan fingerprint density at radius 1 is 1.29 bits per heavy atom. The van der Waals surface area contributed by atoms with Crippen LogP contribution in [-0.2, 0) is 3.36 Å². The average molecular weight is 362 g/mol. The molecule has 0 saturated carbocycles. The van der Waals surface area contributed by atoms with Gasteiger partial charge in [0.25, 0.3) is 0 Å². The number of rotatable bonds is 3. The van der Waals surface area contributed by atoms with Crippen LogP contribution in [0.2, 0.25) is 0 Å². The van der Waals surface area contributed by atoms with E-state index >= 15 is 0 Å². The summed E-state index contributed by atoms with van der Waals surface area (Å²) in [5, 5.41) is 14.5. The van der Waals surface area contributed by atoms with Gasteiger partial charge in [-0.15, -0.1) is 0 Å². The van der Waals surface area contributed by atoms with E-state index in [1.807, 2.05) is 30.3 Å². The van der Waals surface area contributed by atoms with Crippen molar-refractivity contribution >= 4 is 31.9 Å². The second-order valence-corrected chi connectivity index (χ2v) is 6.60. The molecular formula is C10H6Br2N2O3. The largest absolute Gasteiger partial charge is 0.371 e. The van der Waals surface area contributed by atoms with Crippen molar-refractivity contribution in [1.29, 1.82) is 0 Å². The quantitative estimate of drug-likeness (QED) is 0.363. The summed E-state index contributed by atoms with van der Waals surface area (Å²) in [5.74, 6) is 0.478. The first kappa shape index (κ1) is 12.3. The summed E-state index contributed by atoms with van der Waals surface area (Å²) in [6.07, 6.45) is 0. The lowest BCUT2D eigenvalue weighted by atomic mass is 10.2. The fraction of sp³-hybridized carbons (Fsp3) is 0.100. The third-order valence-electron chi connectivity index (χ3n) is 2.11. The van der Waals surface area contributed by atoms with Gasteiger partial charge in [0.1, 0.15) is 0 Å². The summed E-state index contributed by atoms with van der Waals surface area (Å²) in [6, 6.07) is 10.8. The highest BCUT2D eigenvalue weighted by Gasteiger charge is 2.42. The molecule has 0 spiro atoms. The first-order chi connectivity index (χ1) is 8.01. The molecule has 0 bridgehead atoms. The lowest BCUT2D eigenvalue weighted by Gasteiger charge is -2.05. The van der Waals surface area contributed by atoms with Gasteiger partial charge in [0.05, 0.1) is 4.92 Å². The number of hydrogen-bond acceptors (Lipinski definition) is 4. The third-order valence-corrected chi connectivity index (χ3v) is 3.50. The van der Waals surface area contributed by atoms with Gasteiger partial charge < -0.3 is 4.52 Å². The third kappa shape index (κ3) is 2.39. The predicted octanol–water partition coefficient (Wildman–Crippen LogP) is 3.52. The van der Waals surface area contributed by atoms with E-state index in [1.165, 1.54) is 6.07 Å². The molecule has 1 heterocycles. The van der Waals surface area contributed by atoms with Gasteiger partial charge in [0, 0.05) is 43.5 Å². The first-order valence-electron chi connectivity index (χ1n) is 4.57. The molecule has 1 aromatic carbocycles. The molecule has 0 aliphatic heterocycles. The van der Waals surface area contributed by atoms with E-state index in [1.54, 1.807) is 0 Å². The van der Waals surface area contributed by atoms with Crippen LogP contribution in [0.5, 0.6) is 0 Å². The second-order valence-electron chi connectivity index (χ2n) is 3.24. The summed E-state index contributed by atoms with van der Waals surface area (Å²) < 4.78 is 3.46. The van der Waals surface area contributed by atoms with Gasteiger partial charge in [-0.1, -0.05) is 35.5 Å².